The highest BCUT2D eigenvalue weighted by atomic mass is 79.9. The van der Waals surface area contributed by atoms with Crippen molar-refractivity contribution in [2.75, 3.05) is 0 Å². The standard InChI is InChI=1S/C16H20BrClN2/c1-10-5-11(2)7-13(6-10)20-15-4-3-12(17)8-14(15)19-16(20)9-18/h3-4,8,10-11,13H,5-7,9H2,1-2H3. The zero-order chi connectivity index (χ0) is 14.3. The number of fused-ring (bicyclic) bond motifs is 1. The number of nitrogens with zero attached hydrogens (tertiary/aromatic N) is 2. The molecule has 0 bridgehead atoms. The lowest BCUT2D eigenvalue weighted by Crippen LogP contribution is -2.23. The van der Waals surface area contributed by atoms with Gasteiger partial charge in [-0.1, -0.05) is 29.8 Å². The molecule has 20 heavy (non-hydrogen) atoms. The van der Waals surface area contributed by atoms with Gasteiger partial charge in [-0.05, 0) is 49.3 Å². The lowest BCUT2D eigenvalue weighted by Gasteiger charge is -2.33. The van der Waals surface area contributed by atoms with E-state index in [0.29, 0.717) is 11.9 Å². The van der Waals surface area contributed by atoms with E-state index in [1.54, 1.807) is 0 Å². The van der Waals surface area contributed by atoms with Crippen molar-refractivity contribution in [2.45, 2.75) is 45.0 Å². The number of rotatable bonds is 2. The first kappa shape index (κ1) is 14.4. The Bertz CT molecular complexity index is 612. The van der Waals surface area contributed by atoms with Gasteiger partial charge in [0.05, 0.1) is 16.9 Å². The first-order valence-electron chi connectivity index (χ1n) is 7.30. The molecule has 1 aromatic heterocycles. The summed E-state index contributed by atoms with van der Waals surface area (Å²) in [5.41, 5.74) is 2.26. The second kappa shape index (κ2) is 5.69. The SMILES string of the molecule is CC1CC(C)CC(n2c(CCl)nc3cc(Br)ccc32)C1. The predicted molar refractivity (Wildman–Crippen MR) is 88.2 cm³/mol. The maximum absolute atomic E-state index is 6.14. The summed E-state index contributed by atoms with van der Waals surface area (Å²) in [6.45, 7) is 4.72. The molecular weight excluding hydrogens is 336 g/mol. The highest BCUT2D eigenvalue weighted by Crippen LogP contribution is 2.38. The van der Waals surface area contributed by atoms with Crippen LogP contribution in [0.2, 0.25) is 0 Å². The summed E-state index contributed by atoms with van der Waals surface area (Å²) in [5.74, 6) is 3.04. The van der Waals surface area contributed by atoms with Gasteiger partial charge in [-0.15, -0.1) is 11.6 Å². The van der Waals surface area contributed by atoms with Crippen molar-refractivity contribution < 1.29 is 0 Å². The van der Waals surface area contributed by atoms with Gasteiger partial charge in [0.25, 0.3) is 0 Å². The van der Waals surface area contributed by atoms with Gasteiger partial charge in [0.15, 0.2) is 0 Å². The fourth-order valence-corrected chi connectivity index (χ4v) is 4.28. The van der Waals surface area contributed by atoms with Crippen LogP contribution in [0.25, 0.3) is 11.0 Å². The topological polar surface area (TPSA) is 17.8 Å². The van der Waals surface area contributed by atoms with Gasteiger partial charge in [-0.25, -0.2) is 4.98 Å². The minimum atomic E-state index is 0.478. The average molecular weight is 356 g/mol. The predicted octanol–water partition coefficient (Wildman–Crippen LogP) is 5.53. The number of aromatic nitrogens is 2. The van der Waals surface area contributed by atoms with E-state index in [4.69, 9.17) is 16.6 Å². The largest absolute Gasteiger partial charge is 0.324 e. The van der Waals surface area contributed by atoms with E-state index in [-0.39, 0.29) is 0 Å². The van der Waals surface area contributed by atoms with Crippen LogP contribution in [-0.4, -0.2) is 9.55 Å². The third-order valence-corrected chi connectivity index (χ3v) is 5.10. The summed E-state index contributed by atoms with van der Waals surface area (Å²) < 4.78 is 3.46. The van der Waals surface area contributed by atoms with Crippen molar-refractivity contribution in [1.82, 2.24) is 9.55 Å². The molecule has 1 saturated carbocycles. The fraction of sp³-hybridized carbons (Fsp3) is 0.562. The third-order valence-electron chi connectivity index (χ3n) is 4.36. The zero-order valence-corrected chi connectivity index (χ0v) is 14.3. The Kier molecular flexibility index (Phi) is 4.09. The van der Waals surface area contributed by atoms with E-state index in [1.165, 1.54) is 24.8 Å². The quantitative estimate of drug-likeness (QED) is 0.647. The van der Waals surface area contributed by atoms with Crippen LogP contribution in [0, 0.1) is 11.8 Å². The number of hydrogen-bond donors (Lipinski definition) is 0. The second-order valence-corrected chi connectivity index (χ2v) is 7.42. The molecule has 0 N–H and O–H groups in total. The summed E-state index contributed by atoms with van der Waals surface area (Å²) in [7, 11) is 0. The number of halogens is 2. The Morgan fingerprint density at radius 3 is 2.60 bits per heavy atom. The molecule has 0 spiro atoms. The summed E-state index contributed by atoms with van der Waals surface area (Å²) in [6, 6.07) is 6.87. The summed E-state index contributed by atoms with van der Waals surface area (Å²) >= 11 is 9.66. The highest BCUT2D eigenvalue weighted by molar-refractivity contribution is 9.10. The molecule has 1 aliphatic carbocycles. The van der Waals surface area contributed by atoms with Crippen molar-refractivity contribution in [1.29, 1.82) is 0 Å². The fourth-order valence-electron chi connectivity index (χ4n) is 3.74. The molecule has 0 aliphatic heterocycles. The minimum absolute atomic E-state index is 0.478. The van der Waals surface area contributed by atoms with E-state index in [1.807, 2.05) is 0 Å². The van der Waals surface area contributed by atoms with Crippen molar-refractivity contribution >= 4 is 38.6 Å². The Labute approximate surface area is 133 Å². The summed E-state index contributed by atoms with van der Waals surface area (Å²) in [4.78, 5) is 4.72. The molecule has 2 unspecified atom stereocenters. The molecule has 0 amide bonds. The van der Waals surface area contributed by atoms with Crippen LogP contribution in [0.3, 0.4) is 0 Å². The molecule has 0 radical (unpaired) electrons. The normalized spacial score (nSPS) is 27.1. The summed E-state index contributed by atoms with van der Waals surface area (Å²) in [6.07, 6.45) is 3.80. The molecule has 2 aromatic rings. The average Bonchev–Trinajstić information content (AvgIpc) is 2.74. The molecule has 3 rings (SSSR count). The van der Waals surface area contributed by atoms with E-state index < -0.39 is 0 Å². The van der Waals surface area contributed by atoms with E-state index in [9.17, 15) is 0 Å². The Morgan fingerprint density at radius 1 is 1.25 bits per heavy atom. The van der Waals surface area contributed by atoms with Gasteiger partial charge in [-0.3, -0.25) is 0 Å². The lowest BCUT2D eigenvalue weighted by molar-refractivity contribution is 0.222. The Hall–Kier alpha value is -0.540. The molecular formula is C16H20BrClN2. The summed E-state index contributed by atoms with van der Waals surface area (Å²) in [5, 5.41) is 0. The van der Waals surface area contributed by atoms with Crippen molar-refractivity contribution in [3.63, 3.8) is 0 Å². The first-order valence-corrected chi connectivity index (χ1v) is 8.63. The van der Waals surface area contributed by atoms with E-state index in [2.05, 4.69) is 52.5 Å². The molecule has 2 nitrogen and oxygen atoms in total. The molecule has 1 fully saturated rings. The highest BCUT2D eigenvalue weighted by Gasteiger charge is 2.27. The van der Waals surface area contributed by atoms with Crippen LogP contribution < -0.4 is 0 Å². The van der Waals surface area contributed by atoms with Gasteiger partial charge in [0.1, 0.15) is 5.82 Å². The van der Waals surface area contributed by atoms with Gasteiger partial charge < -0.3 is 4.57 Å². The van der Waals surface area contributed by atoms with Crippen molar-refractivity contribution in [3.05, 3.63) is 28.5 Å². The van der Waals surface area contributed by atoms with Crippen LogP contribution in [0.5, 0.6) is 0 Å². The Morgan fingerprint density at radius 2 is 1.95 bits per heavy atom. The molecule has 4 heteroatoms. The molecule has 1 aliphatic rings. The number of hydrogen-bond acceptors (Lipinski definition) is 1. The molecule has 1 aromatic carbocycles. The lowest BCUT2D eigenvalue weighted by atomic mass is 9.80. The molecule has 108 valence electrons. The van der Waals surface area contributed by atoms with Gasteiger partial charge in [0.2, 0.25) is 0 Å². The van der Waals surface area contributed by atoms with Crippen LogP contribution in [0.4, 0.5) is 0 Å². The van der Waals surface area contributed by atoms with Crippen molar-refractivity contribution in [2.24, 2.45) is 11.8 Å². The van der Waals surface area contributed by atoms with Crippen LogP contribution >= 0.6 is 27.5 Å². The maximum atomic E-state index is 6.14. The van der Waals surface area contributed by atoms with Crippen molar-refractivity contribution in [3.8, 4) is 0 Å². The number of alkyl halides is 1. The van der Waals surface area contributed by atoms with Crippen LogP contribution in [0.1, 0.15) is 45.0 Å². The molecule has 0 saturated heterocycles. The second-order valence-electron chi connectivity index (χ2n) is 6.24. The van der Waals surface area contributed by atoms with Crippen LogP contribution in [-0.2, 0) is 5.88 Å². The number of benzene rings is 1. The Balaban J connectivity index is 2.09. The monoisotopic (exact) mass is 354 g/mol. The smallest absolute Gasteiger partial charge is 0.125 e. The minimum Gasteiger partial charge on any atom is -0.324 e. The third kappa shape index (κ3) is 2.62. The van der Waals surface area contributed by atoms with Gasteiger partial charge >= 0.3 is 0 Å². The van der Waals surface area contributed by atoms with Crippen LogP contribution in [0.15, 0.2) is 22.7 Å². The molecule has 1 heterocycles. The number of imidazole rings is 1. The zero-order valence-electron chi connectivity index (χ0n) is 11.9. The van der Waals surface area contributed by atoms with Gasteiger partial charge in [0, 0.05) is 10.5 Å². The van der Waals surface area contributed by atoms with Gasteiger partial charge in [-0.2, -0.15) is 0 Å². The maximum Gasteiger partial charge on any atom is 0.125 e. The molecule has 2 atom stereocenters. The van der Waals surface area contributed by atoms with E-state index >= 15 is 0 Å². The first-order chi connectivity index (χ1) is 9.58. The van der Waals surface area contributed by atoms with E-state index in [0.717, 1.165) is 27.6 Å².